The molecule has 7 nitrogen and oxygen atoms in total. The Hall–Kier alpha value is -2.51. The summed E-state index contributed by atoms with van der Waals surface area (Å²) in [5, 5.41) is 19.1. The summed E-state index contributed by atoms with van der Waals surface area (Å²) in [6.45, 7) is 10.2. The van der Waals surface area contributed by atoms with E-state index in [1.165, 1.54) is 0 Å². The van der Waals surface area contributed by atoms with E-state index in [1.54, 1.807) is 6.20 Å². The Morgan fingerprint density at radius 1 is 1.30 bits per heavy atom. The predicted octanol–water partition coefficient (Wildman–Crippen LogP) is 2.66. The quantitative estimate of drug-likeness (QED) is 0.581. The monoisotopic (exact) mass is 369 g/mol. The molecule has 3 heterocycles. The summed E-state index contributed by atoms with van der Waals surface area (Å²) in [6.07, 6.45) is 1.58. The summed E-state index contributed by atoms with van der Waals surface area (Å²) < 4.78 is 1.86. The molecule has 0 aliphatic rings. The van der Waals surface area contributed by atoms with Crippen LogP contribution in [0.25, 0.3) is 11.0 Å². The fraction of sp³-hybridized carbons (Fsp3) is 0.450. The minimum Gasteiger partial charge on any atom is -0.374 e. The third kappa shape index (κ3) is 3.79. The van der Waals surface area contributed by atoms with Crippen LogP contribution >= 0.6 is 0 Å². The minimum atomic E-state index is -0.925. The van der Waals surface area contributed by atoms with Crippen LogP contribution in [0.1, 0.15) is 61.1 Å². The summed E-state index contributed by atoms with van der Waals surface area (Å²) >= 11 is 0. The van der Waals surface area contributed by atoms with Crippen LogP contribution in [-0.4, -0.2) is 24.9 Å². The van der Waals surface area contributed by atoms with Gasteiger partial charge in [-0.15, -0.1) is 0 Å². The number of hydrogen-bond donors (Lipinski definition) is 3. The van der Waals surface area contributed by atoms with Gasteiger partial charge in [0.25, 0.3) is 5.56 Å². The fourth-order valence-electron chi connectivity index (χ4n) is 3.29. The predicted molar refractivity (Wildman–Crippen MR) is 106 cm³/mol. The van der Waals surface area contributed by atoms with Crippen LogP contribution in [-0.2, 0) is 13.0 Å². The maximum absolute atomic E-state index is 12.2. The molecule has 0 radical (unpaired) electrons. The normalized spacial score (nSPS) is 12.9. The van der Waals surface area contributed by atoms with Gasteiger partial charge in [0.1, 0.15) is 6.23 Å². The largest absolute Gasteiger partial charge is 0.374 e. The first kappa shape index (κ1) is 19.3. The van der Waals surface area contributed by atoms with E-state index in [2.05, 4.69) is 20.4 Å². The lowest BCUT2D eigenvalue weighted by atomic mass is 10.1. The Morgan fingerprint density at radius 2 is 2.04 bits per heavy atom. The van der Waals surface area contributed by atoms with E-state index in [0.29, 0.717) is 5.56 Å². The van der Waals surface area contributed by atoms with E-state index < -0.39 is 6.23 Å². The van der Waals surface area contributed by atoms with Gasteiger partial charge in [-0.1, -0.05) is 6.92 Å². The van der Waals surface area contributed by atoms with Crippen molar-refractivity contribution in [3.05, 3.63) is 56.8 Å². The van der Waals surface area contributed by atoms with Gasteiger partial charge in [-0.3, -0.25) is 10.1 Å². The Bertz CT molecular complexity index is 1020. The summed E-state index contributed by atoms with van der Waals surface area (Å²) in [4.78, 5) is 19.7. The number of nitrogens with one attached hydrogen (secondary N) is 2. The van der Waals surface area contributed by atoms with E-state index in [4.69, 9.17) is 0 Å². The number of aromatic nitrogens is 4. The van der Waals surface area contributed by atoms with Gasteiger partial charge in [-0.25, -0.2) is 9.67 Å². The van der Waals surface area contributed by atoms with Crippen molar-refractivity contribution < 1.29 is 5.11 Å². The third-order valence-electron chi connectivity index (χ3n) is 4.76. The lowest BCUT2D eigenvalue weighted by molar-refractivity contribution is 0.138. The first-order valence-corrected chi connectivity index (χ1v) is 9.29. The molecule has 27 heavy (non-hydrogen) atoms. The zero-order chi connectivity index (χ0) is 19.7. The first-order chi connectivity index (χ1) is 12.8. The number of aliphatic hydroxyl groups is 1. The van der Waals surface area contributed by atoms with Crippen molar-refractivity contribution in [2.45, 2.75) is 59.9 Å². The second-order valence-corrected chi connectivity index (χ2v) is 7.20. The zero-order valence-electron chi connectivity index (χ0n) is 16.5. The summed E-state index contributed by atoms with van der Waals surface area (Å²) in [6, 6.07) is 4.00. The fourth-order valence-corrected chi connectivity index (χ4v) is 3.29. The molecule has 1 atom stereocenters. The maximum Gasteiger partial charge on any atom is 0.252 e. The van der Waals surface area contributed by atoms with E-state index in [1.807, 2.05) is 51.4 Å². The topological polar surface area (TPSA) is 95.8 Å². The highest BCUT2D eigenvalue weighted by molar-refractivity contribution is 5.79. The van der Waals surface area contributed by atoms with Crippen LogP contribution in [0.4, 0.5) is 0 Å². The summed E-state index contributed by atoms with van der Waals surface area (Å²) in [5.74, 6) is 0. The standard InChI is InChI=1S/C20H27N5O2/c1-6-14-8-15(17-10-22-25(11(2)3)18(17)24-14)19(26)21-9-16-12(4)7-13(5)23-20(16)27/h7-8,10-11,19,21,26H,6,9H2,1-5H3,(H,23,27). The highest BCUT2D eigenvalue weighted by Gasteiger charge is 2.18. The number of fused-ring (bicyclic) bond motifs is 1. The van der Waals surface area contributed by atoms with Crippen molar-refractivity contribution in [3.63, 3.8) is 0 Å². The van der Waals surface area contributed by atoms with Gasteiger partial charge in [0.15, 0.2) is 5.65 Å². The average Bonchev–Trinajstić information content (AvgIpc) is 3.03. The molecule has 0 aliphatic heterocycles. The van der Waals surface area contributed by atoms with Crippen molar-refractivity contribution in [2.75, 3.05) is 0 Å². The number of nitrogens with zero attached hydrogens (tertiary/aromatic N) is 3. The lowest BCUT2D eigenvalue weighted by Gasteiger charge is -2.16. The Morgan fingerprint density at radius 3 is 2.67 bits per heavy atom. The second kappa shape index (κ2) is 7.62. The molecule has 144 valence electrons. The number of rotatable bonds is 6. The van der Waals surface area contributed by atoms with Gasteiger partial charge in [0.2, 0.25) is 0 Å². The molecule has 7 heteroatoms. The highest BCUT2D eigenvalue weighted by atomic mass is 16.3. The number of aliphatic hydroxyl groups excluding tert-OH is 1. The van der Waals surface area contributed by atoms with Gasteiger partial charge in [-0.05, 0) is 51.8 Å². The van der Waals surface area contributed by atoms with Gasteiger partial charge in [0.05, 0.1) is 6.20 Å². The van der Waals surface area contributed by atoms with Gasteiger partial charge in [-0.2, -0.15) is 5.10 Å². The molecule has 0 amide bonds. The number of aryl methyl sites for hydroxylation is 3. The number of aromatic amines is 1. The van der Waals surface area contributed by atoms with Crippen LogP contribution in [0, 0.1) is 13.8 Å². The van der Waals surface area contributed by atoms with Crippen LogP contribution in [0.2, 0.25) is 0 Å². The summed E-state index contributed by atoms with van der Waals surface area (Å²) in [5.41, 5.74) is 4.61. The number of hydrogen-bond acceptors (Lipinski definition) is 5. The van der Waals surface area contributed by atoms with Crippen molar-refractivity contribution >= 4 is 11.0 Å². The van der Waals surface area contributed by atoms with Crippen LogP contribution in [0.15, 0.2) is 23.1 Å². The van der Waals surface area contributed by atoms with Gasteiger partial charge < -0.3 is 10.1 Å². The molecule has 3 N–H and O–H groups in total. The second-order valence-electron chi connectivity index (χ2n) is 7.20. The molecule has 3 rings (SSSR count). The molecule has 0 saturated heterocycles. The SMILES string of the molecule is CCc1cc(C(O)NCc2c(C)cc(C)[nH]c2=O)c2cnn(C(C)C)c2n1. The maximum atomic E-state index is 12.2. The van der Waals surface area contributed by atoms with Crippen LogP contribution < -0.4 is 10.9 Å². The number of pyridine rings is 2. The summed E-state index contributed by atoms with van der Waals surface area (Å²) in [7, 11) is 0. The number of H-pyrrole nitrogens is 1. The molecule has 0 aliphatic carbocycles. The first-order valence-electron chi connectivity index (χ1n) is 9.29. The third-order valence-corrected chi connectivity index (χ3v) is 4.76. The van der Waals surface area contributed by atoms with Crippen molar-refractivity contribution in [1.82, 2.24) is 25.1 Å². The van der Waals surface area contributed by atoms with E-state index >= 15 is 0 Å². The molecule has 0 aromatic carbocycles. The van der Waals surface area contributed by atoms with Crippen molar-refractivity contribution in [1.29, 1.82) is 0 Å². The molecular weight excluding hydrogens is 342 g/mol. The molecule has 0 fully saturated rings. The molecular formula is C20H27N5O2. The Kier molecular flexibility index (Phi) is 5.43. The average molecular weight is 369 g/mol. The Balaban J connectivity index is 1.94. The van der Waals surface area contributed by atoms with Gasteiger partial charge in [0, 0.05) is 40.5 Å². The highest BCUT2D eigenvalue weighted by Crippen LogP contribution is 2.25. The molecule has 0 saturated carbocycles. The van der Waals surface area contributed by atoms with E-state index in [9.17, 15) is 9.90 Å². The van der Waals surface area contributed by atoms with Crippen LogP contribution in [0.3, 0.4) is 0 Å². The zero-order valence-corrected chi connectivity index (χ0v) is 16.5. The smallest absolute Gasteiger partial charge is 0.252 e. The minimum absolute atomic E-state index is 0.131. The van der Waals surface area contributed by atoms with E-state index in [-0.39, 0.29) is 18.1 Å². The molecule has 0 bridgehead atoms. The van der Waals surface area contributed by atoms with Crippen molar-refractivity contribution in [2.24, 2.45) is 0 Å². The lowest BCUT2D eigenvalue weighted by Crippen LogP contribution is -2.26. The molecule has 1 unspecified atom stereocenters. The van der Waals surface area contributed by atoms with Crippen molar-refractivity contribution in [3.8, 4) is 0 Å². The molecule has 0 spiro atoms. The Labute approximate surface area is 158 Å². The van der Waals surface area contributed by atoms with Gasteiger partial charge >= 0.3 is 0 Å². The van der Waals surface area contributed by atoms with E-state index in [0.717, 1.165) is 40.0 Å². The molecule has 3 aromatic rings. The van der Waals surface area contributed by atoms with Crippen LogP contribution in [0.5, 0.6) is 0 Å². The molecule has 3 aromatic heterocycles.